The number of aliphatic hydroxyl groups is 1. The summed E-state index contributed by atoms with van der Waals surface area (Å²) in [6.07, 6.45) is 4.33. The van der Waals surface area contributed by atoms with Crippen molar-refractivity contribution in [2.75, 3.05) is 0 Å². The number of hydrogen-bond donors (Lipinski definition) is 1. The van der Waals surface area contributed by atoms with Gasteiger partial charge >= 0.3 is 0 Å². The molecule has 2 heterocycles. The maximum Gasteiger partial charge on any atom is 0.196 e. The van der Waals surface area contributed by atoms with Gasteiger partial charge in [-0.3, -0.25) is 4.79 Å². The third kappa shape index (κ3) is 2.51. The van der Waals surface area contributed by atoms with Crippen LogP contribution in [0.1, 0.15) is 28.4 Å². The minimum atomic E-state index is -0.690. The van der Waals surface area contributed by atoms with Crippen molar-refractivity contribution in [2.24, 2.45) is 0 Å². The van der Waals surface area contributed by atoms with Crippen molar-refractivity contribution in [3.8, 4) is 5.75 Å². The highest BCUT2D eigenvalue weighted by Gasteiger charge is 2.16. The van der Waals surface area contributed by atoms with Gasteiger partial charge in [0.2, 0.25) is 0 Å². The zero-order chi connectivity index (χ0) is 16.7. The van der Waals surface area contributed by atoms with Crippen molar-refractivity contribution in [3.05, 3.63) is 87.5 Å². The minimum absolute atomic E-state index is 0.0191. The lowest BCUT2D eigenvalue weighted by Crippen LogP contribution is -2.10. The molecular formula is C20H16O4. The van der Waals surface area contributed by atoms with E-state index in [2.05, 4.69) is 0 Å². The Balaban J connectivity index is 1.74. The Bertz CT molecular complexity index is 1010. The molecule has 1 aromatic heterocycles. The van der Waals surface area contributed by atoms with Gasteiger partial charge in [0, 0.05) is 17.5 Å². The summed E-state index contributed by atoms with van der Waals surface area (Å²) in [6, 6.07) is 11.1. The van der Waals surface area contributed by atoms with Gasteiger partial charge in [0.05, 0.1) is 17.9 Å². The zero-order valence-electron chi connectivity index (χ0n) is 13.2. The van der Waals surface area contributed by atoms with Gasteiger partial charge < -0.3 is 14.3 Å². The molecule has 0 saturated carbocycles. The SMILES string of the molecule is Cc1ccc2occ(Cc3ccc4c(c3)C(O)C=CO4)c(=O)c2c1. The Labute approximate surface area is 138 Å². The first-order valence-electron chi connectivity index (χ1n) is 7.77. The molecule has 24 heavy (non-hydrogen) atoms. The average molecular weight is 320 g/mol. The van der Waals surface area contributed by atoms with Crippen LogP contribution in [0.5, 0.6) is 5.75 Å². The van der Waals surface area contributed by atoms with E-state index >= 15 is 0 Å². The van der Waals surface area contributed by atoms with E-state index in [0.717, 1.165) is 11.1 Å². The normalized spacial score (nSPS) is 16.0. The van der Waals surface area contributed by atoms with Crippen molar-refractivity contribution in [3.63, 3.8) is 0 Å². The Hall–Kier alpha value is -2.85. The van der Waals surface area contributed by atoms with Crippen LogP contribution in [-0.2, 0) is 6.42 Å². The fourth-order valence-corrected chi connectivity index (χ4v) is 2.96. The molecule has 1 unspecified atom stereocenters. The van der Waals surface area contributed by atoms with E-state index in [1.807, 2.05) is 43.3 Å². The fraction of sp³-hybridized carbons (Fsp3) is 0.150. The smallest absolute Gasteiger partial charge is 0.196 e. The number of ether oxygens (including phenoxy) is 1. The van der Waals surface area contributed by atoms with Crippen LogP contribution in [0, 0.1) is 6.92 Å². The van der Waals surface area contributed by atoms with Crippen LogP contribution in [0.4, 0.5) is 0 Å². The predicted octanol–water partition coefficient (Wildman–Crippen LogP) is 3.63. The van der Waals surface area contributed by atoms with E-state index in [4.69, 9.17) is 9.15 Å². The first-order valence-corrected chi connectivity index (χ1v) is 7.77. The maximum atomic E-state index is 12.7. The summed E-state index contributed by atoms with van der Waals surface area (Å²) in [4.78, 5) is 12.7. The van der Waals surface area contributed by atoms with Crippen molar-refractivity contribution in [1.82, 2.24) is 0 Å². The van der Waals surface area contributed by atoms with Crippen LogP contribution in [0.3, 0.4) is 0 Å². The van der Waals surface area contributed by atoms with E-state index < -0.39 is 6.10 Å². The molecule has 1 atom stereocenters. The Morgan fingerprint density at radius 2 is 2.04 bits per heavy atom. The lowest BCUT2D eigenvalue weighted by Gasteiger charge is -2.17. The van der Waals surface area contributed by atoms with E-state index in [1.54, 1.807) is 6.08 Å². The molecule has 120 valence electrons. The largest absolute Gasteiger partial charge is 0.465 e. The minimum Gasteiger partial charge on any atom is -0.465 e. The summed E-state index contributed by atoms with van der Waals surface area (Å²) >= 11 is 0. The summed E-state index contributed by atoms with van der Waals surface area (Å²) in [5, 5.41) is 10.6. The number of fused-ring (bicyclic) bond motifs is 2. The van der Waals surface area contributed by atoms with Crippen molar-refractivity contribution in [2.45, 2.75) is 19.4 Å². The summed E-state index contributed by atoms with van der Waals surface area (Å²) in [5.41, 5.74) is 3.81. The van der Waals surface area contributed by atoms with Gasteiger partial charge in [0.15, 0.2) is 5.43 Å². The molecule has 0 saturated heterocycles. The molecule has 1 aliphatic heterocycles. The molecule has 0 fully saturated rings. The van der Waals surface area contributed by atoms with Gasteiger partial charge in [-0.2, -0.15) is 0 Å². The Kier molecular flexibility index (Phi) is 3.47. The molecule has 0 radical (unpaired) electrons. The molecular weight excluding hydrogens is 304 g/mol. The molecule has 4 heteroatoms. The molecule has 0 bridgehead atoms. The van der Waals surface area contributed by atoms with Gasteiger partial charge in [-0.1, -0.05) is 17.7 Å². The molecule has 3 aromatic rings. The molecule has 4 rings (SSSR count). The molecule has 0 aliphatic carbocycles. The van der Waals surface area contributed by atoms with Crippen LogP contribution in [-0.4, -0.2) is 5.11 Å². The first-order chi connectivity index (χ1) is 11.6. The average Bonchev–Trinajstić information content (AvgIpc) is 2.59. The second-order valence-corrected chi connectivity index (χ2v) is 6.03. The van der Waals surface area contributed by atoms with Gasteiger partial charge in [0.1, 0.15) is 17.4 Å². The van der Waals surface area contributed by atoms with E-state index in [9.17, 15) is 9.90 Å². The Morgan fingerprint density at radius 1 is 1.17 bits per heavy atom. The lowest BCUT2D eigenvalue weighted by molar-refractivity contribution is 0.213. The lowest BCUT2D eigenvalue weighted by atomic mass is 9.99. The third-order valence-corrected chi connectivity index (χ3v) is 4.24. The van der Waals surface area contributed by atoms with Gasteiger partial charge in [-0.05, 0) is 42.8 Å². The van der Waals surface area contributed by atoms with Crippen molar-refractivity contribution >= 4 is 11.0 Å². The monoisotopic (exact) mass is 320 g/mol. The van der Waals surface area contributed by atoms with Gasteiger partial charge in [0.25, 0.3) is 0 Å². The maximum absolute atomic E-state index is 12.7. The van der Waals surface area contributed by atoms with Crippen molar-refractivity contribution in [1.29, 1.82) is 0 Å². The standard InChI is InChI=1S/C20H16O4/c1-12-2-4-19-16(8-12)20(22)14(11-24-19)9-13-3-5-18-15(10-13)17(21)6-7-23-18/h2-8,10-11,17,21H,9H2,1H3. The van der Waals surface area contributed by atoms with E-state index in [1.165, 1.54) is 12.5 Å². The van der Waals surface area contributed by atoms with Crippen LogP contribution in [0.2, 0.25) is 0 Å². The molecule has 0 amide bonds. The van der Waals surface area contributed by atoms with Gasteiger partial charge in [-0.25, -0.2) is 0 Å². The molecule has 1 N–H and O–H groups in total. The Morgan fingerprint density at radius 3 is 2.92 bits per heavy atom. The summed E-state index contributed by atoms with van der Waals surface area (Å²) in [5.74, 6) is 0.634. The highest BCUT2D eigenvalue weighted by molar-refractivity contribution is 5.77. The van der Waals surface area contributed by atoms with Crippen LogP contribution < -0.4 is 10.2 Å². The quantitative estimate of drug-likeness (QED) is 0.783. The summed E-state index contributed by atoms with van der Waals surface area (Å²) in [6.45, 7) is 1.95. The number of aryl methyl sites for hydroxylation is 1. The predicted molar refractivity (Wildman–Crippen MR) is 91.2 cm³/mol. The molecule has 2 aromatic carbocycles. The number of hydrogen-bond acceptors (Lipinski definition) is 4. The topological polar surface area (TPSA) is 59.7 Å². The summed E-state index contributed by atoms with van der Waals surface area (Å²) < 4.78 is 11.0. The van der Waals surface area contributed by atoms with Crippen LogP contribution in [0.15, 0.2) is 64.2 Å². The number of rotatable bonds is 2. The van der Waals surface area contributed by atoms with E-state index in [-0.39, 0.29) is 5.43 Å². The van der Waals surface area contributed by atoms with Crippen LogP contribution in [0.25, 0.3) is 11.0 Å². The van der Waals surface area contributed by atoms with Crippen molar-refractivity contribution < 1.29 is 14.3 Å². The second-order valence-electron chi connectivity index (χ2n) is 6.03. The third-order valence-electron chi connectivity index (χ3n) is 4.24. The molecule has 4 nitrogen and oxygen atoms in total. The number of aliphatic hydroxyl groups excluding tert-OH is 1. The van der Waals surface area contributed by atoms with Gasteiger partial charge in [-0.15, -0.1) is 0 Å². The zero-order valence-corrected chi connectivity index (χ0v) is 13.2. The van der Waals surface area contributed by atoms with E-state index in [0.29, 0.717) is 34.3 Å². The van der Waals surface area contributed by atoms with Crippen LogP contribution >= 0.6 is 0 Å². The number of benzene rings is 2. The highest BCUT2D eigenvalue weighted by atomic mass is 16.5. The highest BCUT2D eigenvalue weighted by Crippen LogP contribution is 2.31. The molecule has 1 aliphatic rings. The molecule has 0 spiro atoms. The fourth-order valence-electron chi connectivity index (χ4n) is 2.96. The second kappa shape index (κ2) is 5.65. The first kappa shape index (κ1) is 14.7. The summed E-state index contributed by atoms with van der Waals surface area (Å²) in [7, 11) is 0.